The Morgan fingerprint density at radius 2 is 1.75 bits per heavy atom. The Balaban J connectivity index is 0. The highest BCUT2D eigenvalue weighted by Crippen LogP contribution is 2.20. The quantitative estimate of drug-likeness (QED) is 0.743. The first-order valence-corrected chi connectivity index (χ1v) is 7.54. The van der Waals surface area contributed by atoms with Crippen molar-refractivity contribution < 1.29 is 9.18 Å². The molecule has 0 spiro atoms. The van der Waals surface area contributed by atoms with E-state index in [-0.39, 0.29) is 18.3 Å². The van der Waals surface area contributed by atoms with Crippen LogP contribution in [0.25, 0.3) is 0 Å². The molecule has 116 valence electrons. The second kappa shape index (κ2) is 12.9. The topological polar surface area (TPSA) is 20.3 Å². The van der Waals surface area contributed by atoms with Crippen LogP contribution in [-0.2, 0) is 11.3 Å². The molecular weight excluding hydrogens is 277 g/mol. The molecule has 0 N–H and O–H groups in total. The average Bonchev–Trinajstić information content (AvgIpc) is 2.41. The predicted octanol–water partition coefficient (Wildman–Crippen LogP) is 5.29. The molecule has 1 aromatic rings. The molecule has 0 unspecified atom stereocenters. The lowest BCUT2D eigenvalue weighted by molar-refractivity contribution is -0.129. The van der Waals surface area contributed by atoms with Gasteiger partial charge in [0.1, 0.15) is 5.82 Å². The van der Waals surface area contributed by atoms with Gasteiger partial charge in [-0.1, -0.05) is 51.8 Å². The highest BCUT2D eigenvalue weighted by molar-refractivity contribution is 6.31. The molecule has 0 saturated heterocycles. The van der Waals surface area contributed by atoms with Crippen LogP contribution in [0, 0.1) is 5.82 Å². The Morgan fingerprint density at radius 3 is 2.10 bits per heavy atom. The van der Waals surface area contributed by atoms with Gasteiger partial charge in [-0.15, -0.1) is 0 Å². The van der Waals surface area contributed by atoms with Crippen molar-refractivity contribution in [3.63, 3.8) is 0 Å². The highest BCUT2D eigenvalue weighted by Gasteiger charge is 2.12. The molecule has 0 aliphatic rings. The Morgan fingerprint density at radius 1 is 1.25 bits per heavy atom. The van der Waals surface area contributed by atoms with Crippen molar-refractivity contribution in [2.24, 2.45) is 0 Å². The normalized spacial score (nSPS) is 8.80. The molecule has 0 atom stereocenters. The van der Waals surface area contributed by atoms with Crippen molar-refractivity contribution in [2.45, 2.75) is 54.5 Å². The number of benzene rings is 1. The zero-order chi connectivity index (χ0) is 16.1. The molecule has 0 heterocycles. The van der Waals surface area contributed by atoms with Gasteiger partial charge in [-0.05, 0) is 19.1 Å². The molecule has 0 aliphatic carbocycles. The minimum absolute atomic E-state index is 0.0863. The summed E-state index contributed by atoms with van der Waals surface area (Å²) in [5.74, 6) is -0.459. The first kappa shape index (κ1) is 21.2. The average molecular weight is 304 g/mol. The lowest BCUT2D eigenvalue weighted by Crippen LogP contribution is -2.28. The molecule has 0 aliphatic heterocycles. The Hall–Kier alpha value is -1.09. The smallest absolute Gasteiger partial charge is 0.219 e. The van der Waals surface area contributed by atoms with E-state index in [1.165, 1.54) is 24.3 Å². The van der Waals surface area contributed by atoms with Gasteiger partial charge in [0.2, 0.25) is 5.91 Å². The summed E-state index contributed by atoms with van der Waals surface area (Å²) in [5.41, 5.74) is 0.371. The zero-order valence-corrected chi connectivity index (χ0v) is 14.2. The van der Waals surface area contributed by atoms with Gasteiger partial charge < -0.3 is 4.90 Å². The maximum atomic E-state index is 13.4. The molecular formula is C16H27ClFNO. The second-order valence-electron chi connectivity index (χ2n) is 3.94. The predicted molar refractivity (Wildman–Crippen MR) is 85.5 cm³/mol. The number of halogens is 2. The van der Waals surface area contributed by atoms with Crippen molar-refractivity contribution >= 4 is 17.5 Å². The molecule has 0 saturated carbocycles. The van der Waals surface area contributed by atoms with Gasteiger partial charge >= 0.3 is 0 Å². The van der Waals surface area contributed by atoms with Crippen molar-refractivity contribution in [3.8, 4) is 0 Å². The number of rotatable bonds is 3. The van der Waals surface area contributed by atoms with Gasteiger partial charge in [0.15, 0.2) is 0 Å². The molecule has 0 fully saturated rings. The van der Waals surface area contributed by atoms with E-state index in [9.17, 15) is 9.18 Å². The first-order chi connectivity index (χ1) is 9.47. The van der Waals surface area contributed by atoms with Crippen LogP contribution >= 0.6 is 11.6 Å². The van der Waals surface area contributed by atoms with Crippen LogP contribution in [0.3, 0.4) is 0 Å². The van der Waals surface area contributed by atoms with Gasteiger partial charge in [-0.25, -0.2) is 4.39 Å². The third-order valence-electron chi connectivity index (χ3n) is 2.24. The fourth-order valence-corrected chi connectivity index (χ4v) is 1.54. The number of carbonyl (C=O) groups excluding carboxylic acids is 1. The number of amides is 1. The minimum Gasteiger partial charge on any atom is -0.339 e. The van der Waals surface area contributed by atoms with E-state index >= 15 is 0 Å². The molecule has 20 heavy (non-hydrogen) atoms. The van der Waals surface area contributed by atoms with Gasteiger partial charge in [0, 0.05) is 30.6 Å². The van der Waals surface area contributed by atoms with E-state index in [1.54, 1.807) is 12.1 Å². The molecule has 1 rings (SSSR count). The van der Waals surface area contributed by atoms with E-state index < -0.39 is 0 Å². The Kier molecular flexibility index (Phi) is 13.7. The number of nitrogens with zero attached hydrogens (tertiary/aromatic N) is 1. The van der Waals surface area contributed by atoms with Crippen molar-refractivity contribution in [2.75, 3.05) is 6.54 Å². The zero-order valence-electron chi connectivity index (χ0n) is 13.5. The largest absolute Gasteiger partial charge is 0.339 e. The third-order valence-corrected chi connectivity index (χ3v) is 2.59. The van der Waals surface area contributed by atoms with Crippen molar-refractivity contribution in [3.05, 3.63) is 34.6 Å². The van der Waals surface area contributed by atoms with Crippen LogP contribution in [0.5, 0.6) is 0 Å². The van der Waals surface area contributed by atoms with Crippen LogP contribution in [-0.4, -0.2) is 17.4 Å². The van der Waals surface area contributed by atoms with Crippen molar-refractivity contribution in [1.82, 2.24) is 4.90 Å². The molecule has 1 amide bonds. The van der Waals surface area contributed by atoms with Crippen LogP contribution in [0.1, 0.15) is 53.5 Å². The van der Waals surface area contributed by atoms with Gasteiger partial charge in [-0.3, -0.25) is 4.79 Å². The summed E-state index contributed by atoms with van der Waals surface area (Å²) in [6, 6.07) is 4.51. The molecule has 0 aromatic heterocycles. The van der Waals surface area contributed by atoms with Crippen LogP contribution in [0.2, 0.25) is 5.02 Å². The third kappa shape index (κ3) is 8.16. The Bertz CT molecular complexity index is 362. The Labute approximate surface area is 127 Å². The summed E-state index contributed by atoms with van der Waals surface area (Å²) in [4.78, 5) is 12.7. The van der Waals surface area contributed by atoms with E-state index in [4.69, 9.17) is 11.6 Å². The van der Waals surface area contributed by atoms with E-state index in [0.717, 1.165) is 0 Å². The van der Waals surface area contributed by atoms with E-state index in [0.29, 0.717) is 17.1 Å². The lowest BCUT2D eigenvalue weighted by Gasteiger charge is -2.19. The summed E-state index contributed by atoms with van der Waals surface area (Å²) in [5, 5.41) is 0.356. The molecule has 0 radical (unpaired) electrons. The summed E-state index contributed by atoms with van der Waals surface area (Å²) < 4.78 is 13.4. The maximum absolute atomic E-state index is 13.4. The number of carbonyl (C=O) groups is 1. The van der Waals surface area contributed by atoms with Crippen molar-refractivity contribution in [1.29, 1.82) is 0 Å². The summed E-state index contributed by atoms with van der Waals surface area (Å²) in [6.07, 6.45) is 1.25. The van der Waals surface area contributed by atoms with Crippen LogP contribution in [0.15, 0.2) is 18.2 Å². The molecule has 1 aromatic carbocycles. The van der Waals surface area contributed by atoms with Crippen LogP contribution in [0.4, 0.5) is 4.39 Å². The molecule has 0 bridgehead atoms. The molecule has 2 nitrogen and oxygen atoms in total. The summed E-state index contributed by atoms with van der Waals surface area (Å²) in [6.45, 7) is 12.3. The fourth-order valence-electron chi connectivity index (χ4n) is 1.32. The van der Waals surface area contributed by atoms with Gasteiger partial charge in [0.25, 0.3) is 0 Å². The van der Waals surface area contributed by atoms with Gasteiger partial charge in [0.05, 0.1) is 0 Å². The summed E-state index contributed by atoms with van der Waals surface area (Å²) in [7, 11) is 0. The minimum atomic E-state index is -0.373. The molecule has 4 heteroatoms. The number of hydrogen-bond acceptors (Lipinski definition) is 1. The number of hydrogen-bond donors (Lipinski definition) is 0. The van der Waals surface area contributed by atoms with Crippen LogP contribution < -0.4 is 0 Å². The second-order valence-corrected chi connectivity index (χ2v) is 4.35. The SMILES string of the molecule is CC.CCC.CCN(Cc1c(F)cccc1Cl)C(C)=O. The van der Waals surface area contributed by atoms with E-state index in [1.807, 2.05) is 20.8 Å². The standard InChI is InChI=1S/C11H13ClFNO.C3H8.C2H6/c1-3-14(8(2)15)7-9-10(12)5-4-6-11(9)13;1-3-2;1-2/h4-6H,3,7H2,1-2H3;3H2,1-2H3;1-2H3. The lowest BCUT2D eigenvalue weighted by atomic mass is 10.2. The highest BCUT2D eigenvalue weighted by atomic mass is 35.5. The first-order valence-electron chi connectivity index (χ1n) is 7.16. The fraction of sp³-hybridized carbons (Fsp3) is 0.562. The summed E-state index contributed by atoms with van der Waals surface area (Å²) >= 11 is 5.86. The monoisotopic (exact) mass is 303 g/mol. The maximum Gasteiger partial charge on any atom is 0.219 e. The van der Waals surface area contributed by atoms with E-state index in [2.05, 4.69) is 13.8 Å². The van der Waals surface area contributed by atoms with Gasteiger partial charge in [-0.2, -0.15) is 0 Å².